The summed E-state index contributed by atoms with van der Waals surface area (Å²) in [4.78, 5) is 11.5. The monoisotopic (exact) mass is 263 g/mol. The van der Waals surface area contributed by atoms with E-state index in [0.717, 1.165) is 0 Å². The summed E-state index contributed by atoms with van der Waals surface area (Å²) in [6.07, 6.45) is 4.07. The number of fused-ring (bicyclic) bond motifs is 1. The lowest BCUT2D eigenvalue weighted by Gasteiger charge is -2.08. The van der Waals surface area contributed by atoms with Crippen LogP contribution in [-0.2, 0) is 0 Å². The van der Waals surface area contributed by atoms with Crippen molar-refractivity contribution in [3.63, 3.8) is 0 Å². The highest BCUT2D eigenvalue weighted by molar-refractivity contribution is 6.33. The molecule has 0 aliphatic heterocycles. The lowest BCUT2D eigenvalue weighted by molar-refractivity contribution is 0.416. The quantitative estimate of drug-likeness (QED) is 0.686. The van der Waals surface area contributed by atoms with Crippen LogP contribution in [0.3, 0.4) is 0 Å². The Kier molecular flexibility index (Phi) is 2.27. The molecule has 0 aromatic carbocycles. The molecule has 18 heavy (non-hydrogen) atoms. The maximum Gasteiger partial charge on any atom is 0.229 e. The molecule has 0 spiro atoms. The van der Waals surface area contributed by atoms with Crippen LogP contribution >= 0.6 is 11.6 Å². The zero-order chi connectivity index (χ0) is 12.7. The molecule has 0 aliphatic carbocycles. The second-order valence-electron chi connectivity index (χ2n) is 3.45. The largest absolute Gasteiger partial charge is 0.493 e. The lowest BCUT2D eigenvalue weighted by atomic mass is 10.2. The molecule has 0 bridgehead atoms. The fourth-order valence-corrected chi connectivity index (χ4v) is 1.82. The molecular formula is C10H6ClN5O2. The SMILES string of the molecule is Oc1nc2ccnn2c(O)c1-c1ncncc1Cl. The van der Waals surface area contributed by atoms with Gasteiger partial charge in [-0.25, -0.2) is 9.97 Å². The second kappa shape index (κ2) is 3.81. The van der Waals surface area contributed by atoms with E-state index in [1.54, 1.807) is 6.07 Å². The molecule has 7 nitrogen and oxygen atoms in total. The summed E-state index contributed by atoms with van der Waals surface area (Å²) in [6, 6.07) is 1.55. The topological polar surface area (TPSA) is 96.4 Å². The van der Waals surface area contributed by atoms with Crippen LogP contribution in [0.1, 0.15) is 0 Å². The van der Waals surface area contributed by atoms with Crippen molar-refractivity contribution in [2.24, 2.45) is 0 Å². The molecule has 0 unspecified atom stereocenters. The molecule has 90 valence electrons. The molecule has 0 atom stereocenters. The van der Waals surface area contributed by atoms with Gasteiger partial charge in [0, 0.05) is 12.3 Å². The average molecular weight is 264 g/mol. The smallest absolute Gasteiger partial charge is 0.229 e. The van der Waals surface area contributed by atoms with Crippen molar-refractivity contribution in [3.8, 4) is 23.0 Å². The average Bonchev–Trinajstić information content (AvgIpc) is 2.79. The maximum atomic E-state index is 10.1. The Balaban J connectivity index is 2.39. The summed E-state index contributed by atoms with van der Waals surface area (Å²) in [5.41, 5.74) is 0.518. The Bertz CT molecular complexity index is 742. The summed E-state index contributed by atoms with van der Waals surface area (Å²) in [6.45, 7) is 0. The van der Waals surface area contributed by atoms with Gasteiger partial charge >= 0.3 is 0 Å². The van der Waals surface area contributed by atoms with E-state index in [4.69, 9.17) is 11.6 Å². The van der Waals surface area contributed by atoms with Crippen molar-refractivity contribution in [1.82, 2.24) is 24.6 Å². The predicted molar refractivity (Wildman–Crippen MR) is 62.4 cm³/mol. The highest BCUT2D eigenvalue weighted by Gasteiger charge is 2.20. The van der Waals surface area contributed by atoms with Gasteiger partial charge in [0.25, 0.3) is 0 Å². The number of halogens is 1. The van der Waals surface area contributed by atoms with Gasteiger partial charge in [0.15, 0.2) is 5.65 Å². The number of hydrogen-bond donors (Lipinski definition) is 2. The first-order valence-electron chi connectivity index (χ1n) is 4.90. The minimum atomic E-state index is -0.374. The molecule has 3 aromatic heterocycles. The fourth-order valence-electron chi connectivity index (χ4n) is 1.62. The molecule has 0 aliphatic rings. The van der Waals surface area contributed by atoms with Crippen LogP contribution in [-0.4, -0.2) is 34.8 Å². The van der Waals surface area contributed by atoms with E-state index in [1.807, 2.05) is 0 Å². The molecule has 0 amide bonds. The predicted octanol–water partition coefficient (Wildman–Crippen LogP) is 1.25. The van der Waals surface area contributed by atoms with Crippen LogP contribution in [0.25, 0.3) is 16.9 Å². The zero-order valence-electron chi connectivity index (χ0n) is 8.82. The molecule has 8 heteroatoms. The summed E-state index contributed by atoms with van der Waals surface area (Å²) < 4.78 is 1.17. The van der Waals surface area contributed by atoms with E-state index >= 15 is 0 Å². The number of hydrogen-bond acceptors (Lipinski definition) is 6. The minimum absolute atomic E-state index is 0.0126. The van der Waals surface area contributed by atoms with Crippen molar-refractivity contribution < 1.29 is 10.2 Å². The van der Waals surface area contributed by atoms with Crippen molar-refractivity contribution in [1.29, 1.82) is 0 Å². The molecule has 2 N–H and O–H groups in total. The van der Waals surface area contributed by atoms with Crippen LogP contribution < -0.4 is 0 Å². The van der Waals surface area contributed by atoms with E-state index in [2.05, 4.69) is 20.1 Å². The van der Waals surface area contributed by atoms with Gasteiger partial charge in [-0.15, -0.1) is 0 Å². The first kappa shape index (κ1) is 10.7. The Morgan fingerprint density at radius 3 is 2.89 bits per heavy atom. The maximum absolute atomic E-state index is 10.1. The van der Waals surface area contributed by atoms with E-state index in [9.17, 15) is 10.2 Å². The van der Waals surface area contributed by atoms with Gasteiger partial charge in [0.2, 0.25) is 11.8 Å². The van der Waals surface area contributed by atoms with E-state index in [0.29, 0.717) is 5.65 Å². The second-order valence-corrected chi connectivity index (χ2v) is 3.86. The van der Waals surface area contributed by atoms with E-state index in [1.165, 1.54) is 23.2 Å². The highest BCUT2D eigenvalue weighted by atomic mass is 35.5. The third kappa shape index (κ3) is 1.45. The van der Waals surface area contributed by atoms with Crippen molar-refractivity contribution >= 4 is 17.2 Å². The Labute approximate surface area is 105 Å². The molecule has 3 rings (SSSR count). The standard InChI is InChI=1S/C10H6ClN5O2/c11-5-3-12-4-13-8(5)7-9(17)15-6-1-2-14-16(6)10(7)18/h1-4,18H,(H,15,17). The molecular weight excluding hydrogens is 258 g/mol. The van der Waals surface area contributed by atoms with Crippen molar-refractivity contribution in [3.05, 3.63) is 29.8 Å². The summed E-state index contributed by atoms with van der Waals surface area (Å²) >= 11 is 5.92. The number of rotatable bonds is 1. The van der Waals surface area contributed by atoms with Gasteiger partial charge in [-0.3, -0.25) is 0 Å². The zero-order valence-corrected chi connectivity index (χ0v) is 9.57. The summed E-state index contributed by atoms with van der Waals surface area (Å²) in [5, 5.41) is 24.0. The van der Waals surface area contributed by atoms with Crippen LogP contribution in [0.4, 0.5) is 0 Å². The molecule has 0 saturated carbocycles. The molecule has 0 radical (unpaired) electrons. The first-order valence-corrected chi connectivity index (χ1v) is 5.28. The van der Waals surface area contributed by atoms with Gasteiger partial charge in [-0.2, -0.15) is 14.6 Å². The molecule has 0 saturated heterocycles. The minimum Gasteiger partial charge on any atom is -0.493 e. The number of nitrogens with zero attached hydrogens (tertiary/aromatic N) is 5. The molecule has 3 heterocycles. The highest BCUT2D eigenvalue weighted by Crippen LogP contribution is 2.37. The van der Waals surface area contributed by atoms with Gasteiger partial charge in [0.1, 0.15) is 17.6 Å². The summed E-state index contributed by atoms with van der Waals surface area (Å²) in [5.74, 6) is -0.663. The Morgan fingerprint density at radius 2 is 2.11 bits per heavy atom. The van der Waals surface area contributed by atoms with Gasteiger partial charge in [-0.05, 0) is 0 Å². The number of aromatic hydroxyl groups is 2. The van der Waals surface area contributed by atoms with Crippen LogP contribution in [0.2, 0.25) is 5.02 Å². The normalized spacial score (nSPS) is 10.9. The van der Waals surface area contributed by atoms with Gasteiger partial charge in [-0.1, -0.05) is 11.6 Å². The Morgan fingerprint density at radius 1 is 1.28 bits per heavy atom. The van der Waals surface area contributed by atoms with Crippen molar-refractivity contribution in [2.45, 2.75) is 0 Å². The van der Waals surface area contributed by atoms with E-state index in [-0.39, 0.29) is 28.0 Å². The van der Waals surface area contributed by atoms with Crippen LogP contribution in [0.5, 0.6) is 11.8 Å². The third-order valence-electron chi connectivity index (χ3n) is 2.40. The molecule has 0 fully saturated rings. The Hall–Kier alpha value is -2.41. The van der Waals surface area contributed by atoms with Gasteiger partial charge < -0.3 is 10.2 Å². The van der Waals surface area contributed by atoms with E-state index < -0.39 is 0 Å². The van der Waals surface area contributed by atoms with Crippen LogP contribution in [0.15, 0.2) is 24.8 Å². The number of aromatic nitrogens is 5. The molecule has 3 aromatic rings. The van der Waals surface area contributed by atoms with Gasteiger partial charge in [0.05, 0.1) is 11.2 Å². The van der Waals surface area contributed by atoms with Crippen molar-refractivity contribution in [2.75, 3.05) is 0 Å². The fraction of sp³-hybridized carbons (Fsp3) is 0. The first-order chi connectivity index (χ1) is 8.68. The van der Waals surface area contributed by atoms with Crippen LogP contribution in [0, 0.1) is 0 Å². The lowest BCUT2D eigenvalue weighted by Crippen LogP contribution is -1.97. The summed E-state index contributed by atoms with van der Waals surface area (Å²) in [7, 11) is 0. The third-order valence-corrected chi connectivity index (χ3v) is 2.67.